The fourth-order valence-corrected chi connectivity index (χ4v) is 3.83. The number of halogens is 1. The second kappa shape index (κ2) is 9.02. The number of hydrogen-bond donors (Lipinski definition) is 1. The Morgan fingerprint density at radius 1 is 1.13 bits per heavy atom. The van der Waals surface area contributed by atoms with E-state index in [1.165, 1.54) is 22.3 Å². The largest absolute Gasteiger partial charge is 0.449 e. The minimum absolute atomic E-state index is 0.0545. The molecule has 0 aliphatic heterocycles. The number of rotatable bonds is 4. The summed E-state index contributed by atoms with van der Waals surface area (Å²) in [5.41, 5.74) is 6.50. The summed E-state index contributed by atoms with van der Waals surface area (Å²) in [7, 11) is 0. The quantitative estimate of drug-likeness (QED) is 0.355. The van der Waals surface area contributed by atoms with Gasteiger partial charge in [-0.25, -0.2) is 9.78 Å². The number of amides is 1. The van der Waals surface area contributed by atoms with Crippen molar-refractivity contribution in [1.29, 1.82) is 0 Å². The van der Waals surface area contributed by atoms with Crippen LogP contribution in [0.2, 0.25) is 5.15 Å². The zero-order valence-corrected chi connectivity index (χ0v) is 17.4. The van der Waals surface area contributed by atoms with Gasteiger partial charge in [-0.1, -0.05) is 72.0 Å². The second-order valence-corrected chi connectivity index (χ2v) is 7.51. The number of ether oxygens (including phenoxy) is 1. The molecule has 4 nitrogen and oxygen atoms in total. The lowest BCUT2D eigenvalue weighted by atomic mass is 9.98. The van der Waals surface area contributed by atoms with Crippen molar-refractivity contribution in [2.45, 2.75) is 19.3 Å². The molecule has 4 rings (SSSR count). The van der Waals surface area contributed by atoms with E-state index in [1.54, 1.807) is 6.20 Å². The van der Waals surface area contributed by atoms with Crippen molar-refractivity contribution in [3.8, 4) is 23.0 Å². The van der Waals surface area contributed by atoms with Gasteiger partial charge in [-0.05, 0) is 40.8 Å². The van der Waals surface area contributed by atoms with Gasteiger partial charge in [0.2, 0.25) is 0 Å². The first-order valence-corrected chi connectivity index (χ1v) is 10.2. The lowest BCUT2D eigenvalue weighted by Gasteiger charge is -2.14. The van der Waals surface area contributed by atoms with Gasteiger partial charge in [-0.3, -0.25) is 0 Å². The van der Waals surface area contributed by atoms with Gasteiger partial charge in [0, 0.05) is 25.1 Å². The van der Waals surface area contributed by atoms with Crippen molar-refractivity contribution in [1.82, 2.24) is 10.3 Å². The van der Waals surface area contributed by atoms with E-state index in [9.17, 15) is 4.79 Å². The van der Waals surface area contributed by atoms with Gasteiger partial charge in [0.05, 0.1) is 5.56 Å². The normalized spacial score (nSPS) is 11.8. The highest BCUT2D eigenvalue weighted by molar-refractivity contribution is 6.30. The van der Waals surface area contributed by atoms with E-state index in [0.717, 1.165) is 5.56 Å². The van der Waals surface area contributed by atoms with Crippen molar-refractivity contribution in [2.75, 3.05) is 13.2 Å². The summed E-state index contributed by atoms with van der Waals surface area (Å²) in [6, 6.07) is 18.4. The molecule has 0 saturated heterocycles. The number of aromatic nitrogens is 1. The van der Waals surface area contributed by atoms with Gasteiger partial charge in [0.1, 0.15) is 11.8 Å². The van der Waals surface area contributed by atoms with Crippen molar-refractivity contribution < 1.29 is 9.53 Å². The van der Waals surface area contributed by atoms with Crippen LogP contribution in [0.3, 0.4) is 0 Å². The van der Waals surface area contributed by atoms with E-state index in [2.05, 4.69) is 46.4 Å². The second-order valence-electron chi connectivity index (χ2n) is 7.16. The summed E-state index contributed by atoms with van der Waals surface area (Å²) in [6.07, 6.45) is 1.76. The molecule has 0 unspecified atom stereocenters. The fourth-order valence-electron chi connectivity index (χ4n) is 3.67. The zero-order valence-electron chi connectivity index (χ0n) is 16.6. The van der Waals surface area contributed by atoms with E-state index in [0.29, 0.717) is 30.3 Å². The third-order valence-electron chi connectivity index (χ3n) is 5.06. The molecule has 1 aliphatic carbocycles. The predicted octanol–water partition coefficient (Wildman–Crippen LogP) is 5.32. The van der Waals surface area contributed by atoms with Gasteiger partial charge in [-0.15, -0.1) is 0 Å². The van der Waals surface area contributed by atoms with E-state index in [4.69, 9.17) is 16.3 Å². The minimum atomic E-state index is -0.436. The highest BCUT2D eigenvalue weighted by atomic mass is 35.5. The van der Waals surface area contributed by atoms with Gasteiger partial charge in [-0.2, -0.15) is 0 Å². The number of carbonyl (C=O) groups excluding carboxylic acids is 1. The van der Waals surface area contributed by atoms with Crippen molar-refractivity contribution in [2.24, 2.45) is 0 Å². The van der Waals surface area contributed by atoms with Crippen molar-refractivity contribution >= 4 is 17.7 Å². The SMILES string of the molecule is Cc1cnc(Cl)c(C#CCCNC(=O)OCC2c3ccccc3-c3ccccc32)c1. The molecule has 2 aromatic carbocycles. The molecule has 0 atom stereocenters. The maximum absolute atomic E-state index is 12.1. The van der Waals surface area contributed by atoms with Crippen molar-refractivity contribution in [3.05, 3.63) is 88.2 Å². The third-order valence-corrected chi connectivity index (χ3v) is 5.36. The van der Waals surface area contributed by atoms with Crippen LogP contribution in [0.25, 0.3) is 11.1 Å². The van der Waals surface area contributed by atoms with E-state index in [-0.39, 0.29) is 5.92 Å². The van der Waals surface area contributed by atoms with Crippen LogP contribution >= 0.6 is 11.6 Å². The molecule has 0 fully saturated rings. The lowest BCUT2D eigenvalue weighted by molar-refractivity contribution is 0.143. The van der Waals surface area contributed by atoms with Gasteiger partial charge in [0.25, 0.3) is 0 Å². The standard InChI is InChI=1S/C25H21ClN2O2/c1-17-14-18(24(26)28-15-17)8-6-7-13-27-25(29)30-16-23-21-11-4-2-9-19(21)20-10-3-5-12-22(20)23/h2-5,9-12,14-15,23H,7,13,16H2,1H3,(H,27,29). The average Bonchev–Trinajstić information content (AvgIpc) is 3.08. The number of alkyl carbamates (subject to hydrolysis) is 1. The molecule has 3 aromatic rings. The number of hydrogen-bond acceptors (Lipinski definition) is 3. The maximum Gasteiger partial charge on any atom is 0.407 e. The van der Waals surface area contributed by atoms with E-state index < -0.39 is 6.09 Å². The van der Waals surface area contributed by atoms with Crippen LogP contribution in [0, 0.1) is 18.8 Å². The van der Waals surface area contributed by atoms with Crippen LogP contribution in [0.4, 0.5) is 4.79 Å². The topological polar surface area (TPSA) is 51.2 Å². The zero-order chi connectivity index (χ0) is 20.9. The Labute approximate surface area is 181 Å². The Morgan fingerprint density at radius 2 is 1.80 bits per heavy atom. The lowest BCUT2D eigenvalue weighted by Crippen LogP contribution is -2.26. The number of pyridine rings is 1. The highest BCUT2D eigenvalue weighted by Gasteiger charge is 2.28. The van der Waals surface area contributed by atoms with Gasteiger partial charge in [0.15, 0.2) is 0 Å². The third kappa shape index (κ3) is 4.32. The summed E-state index contributed by atoms with van der Waals surface area (Å²) in [5.74, 6) is 6.05. The fraction of sp³-hybridized carbons (Fsp3) is 0.200. The highest BCUT2D eigenvalue weighted by Crippen LogP contribution is 2.44. The number of fused-ring (bicyclic) bond motifs is 3. The van der Waals surface area contributed by atoms with E-state index >= 15 is 0 Å². The Hall–Kier alpha value is -3.29. The van der Waals surface area contributed by atoms with Gasteiger partial charge < -0.3 is 10.1 Å². The summed E-state index contributed by atoms with van der Waals surface area (Å²) in [4.78, 5) is 16.2. The van der Waals surface area contributed by atoms with Crippen LogP contribution in [0.1, 0.15) is 34.6 Å². The minimum Gasteiger partial charge on any atom is -0.449 e. The monoisotopic (exact) mass is 416 g/mol. The molecule has 5 heteroatoms. The molecule has 0 bridgehead atoms. The van der Waals surface area contributed by atoms with Crippen LogP contribution < -0.4 is 5.32 Å². The van der Waals surface area contributed by atoms with Crippen LogP contribution in [0.5, 0.6) is 0 Å². The van der Waals surface area contributed by atoms with Gasteiger partial charge >= 0.3 is 6.09 Å². The molecule has 1 N–H and O–H groups in total. The molecule has 0 radical (unpaired) electrons. The van der Waals surface area contributed by atoms with Crippen molar-refractivity contribution in [3.63, 3.8) is 0 Å². The molecule has 150 valence electrons. The molecule has 1 aliphatic rings. The molecule has 30 heavy (non-hydrogen) atoms. The molecule has 0 saturated carbocycles. The Kier molecular flexibility index (Phi) is 6.02. The van der Waals surface area contributed by atoms with Crippen LogP contribution in [-0.4, -0.2) is 24.2 Å². The summed E-state index contributed by atoms with van der Waals surface area (Å²) in [5, 5.41) is 3.14. The first-order valence-electron chi connectivity index (χ1n) is 9.83. The van der Waals surface area contributed by atoms with Crippen LogP contribution in [-0.2, 0) is 4.74 Å². The maximum atomic E-state index is 12.1. The van der Waals surface area contributed by atoms with Crippen LogP contribution in [0.15, 0.2) is 60.8 Å². The first kappa shape index (κ1) is 20.0. The Balaban J connectivity index is 1.30. The molecule has 0 spiro atoms. The predicted molar refractivity (Wildman–Crippen MR) is 119 cm³/mol. The molecule has 1 amide bonds. The number of nitrogens with one attached hydrogen (secondary N) is 1. The Morgan fingerprint density at radius 3 is 2.50 bits per heavy atom. The smallest absolute Gasteiger partial charge is 0.407 e. The Bertz CT molecular complexity index is 1100. The number of nitrogens with zero attached hydrogens (tertiary/aromatic N) is 1. The average molecular weight is 417 g/mol. The summed E-state index contributed by atoms with van der Waals surface area (Å²) in [6.45, 7) is 2.64. The number of benzene rings is 2. The summed E-state index contributed by atoms with van der Waals surface area (Å²) >= 11 is 6.03. The molecule has 1 heterocycles. The molecular formula is C25H21ClN2O2. The molecular weight excluding hydrogens is 396 g/mol. The number of carbonyl (C=O) groups is 1. The number of aryl methyl sites for hydroxylation is 1. The summed E-state index contributed by atoms with van der Waals surface area (Å²) < 4.78 is 5.51. The molecule has 1 aromatic heterocycles. The first-order chi connectivity index (χ1) is 14.6. The van der Waals surface area contributed by atoms with E-state index in [1.807, 2.05) is 37.3 Å².